The van der Waals surface area contributed by atoms with Gasteiger partial charge < -0.3 is 10.2 Å². The Kier molecular flexibility index (Phi) is 5.07. The number of nitrogens with zero attached hydrogens (tertiary/aromatic N) is 1. The largest absolute Gasteiger partial charge is 0.365 e. The fraction of sp³-hybridized carbons (Fsp3) is 0.188. The lowest BCUT2D eigenvalue weighted by atomic mass is 10.3. The van der Waals surface area contributed by atoms with Crippen LogP contribution < -0.4 is 10.2 Å². The minimum atomic E-state index is -0.0201. The van der Waals surface area contributed by atoms with Crippen molar-refractivity contribution in [2.75, 3.05) is 30.1 Å². The van der Waals surface area contributed by atoms with E-state index in [4.69, 9.17) is 0 Å². The summed E-state index contributed by atoms with van der Waals surface area (Å²) in [5.41, 5.74) is 1.86. The lowest BCUT2D eigenvalue weighted by molar-refractivity contribution is -0.114. The molecule has 3 nitrogen and oxygen atoms in total. The van der Waals surface area contributed by atoms with Gasteiger partial charge in [-0.1, -0.05) is 18.2 Å². The number of rotatable bonds is 5. The zero-order valence-corrected chi connectivity index (χ0v) is 12.5. The number of carbonyl (C=O) groups is 1. The van der Waals surface area contributed by atoms with Gasteiger partial charge in [0.25, 0.3) is 0 Å². The predicted molar refractivity (Wildman–Crippen MR) is 86.6 cm³/mol. The lowest BCUT2D eigenvalue weighted by Gasteiger charge is -2.18. The number of hydrogen-bond acceptors (Lipinski definition) is 3. The molecule has 0 aliphatic heterocycles. The van der Waals surface area contributed by atoms with Gasteiger partial charge in [-0.05, 0) is 42.7 Å². The van der Waals surface area contributed by atoms with Crippen LogP contribution in [0.1, 0.15) is 0 Å². The summed E-state index contributed by atoms with van der Waals surface area (Å²) < 4.78 is 0. The third-order valence-corrected chi connectivity index (χ3v) is 3.70. The van der Waals surface area contributed by atoms with E-state index >= 15 is 0 Å². The molecule has 0 saturated heterocycles. The molecule has 4 heteroatoms. The molecule has 0 aliphatic rings. The molecule has 0 radical (unpaired) electrons. The molecule has 0 saturated carbocycles. The van der Waals surface area contributed by atoms with Crippen molar-refractivity contribution in [1.29, 1.82) is 0 Å². The number of benzene rings is 2. The fourth-order valence-corrected chi connectivity index (χ4v) is 2.27. The fourth-order valence-electron chi connectivity index (χ4n) is 1.86. The summed E-state index contributed by atoms with van der Waals surface area (Å²) >= 11 is 1.68. The molecule has 104 valence electrons. The van der Waals surface area contributed by atoms with E-state index in [0.717, 1.165) is 11.4 Å². The van der Waals surface area contributed by atoms with E-state index in [1.807, 2.05) is 72.8 Å². The van der Waals surface area contributed by atoms with Crippen LogP contribution in [0.15, 0.2) is 59.5 Å². The SMILES string of the molecule is CSc1ccc(NC(=O)CN(C)c2ccccc2)cc1. The predicted octanol–water partition coefficient (Wildman–Crippen LogP) is 3.48. The van der Waals surface area contributed by atoms with Gasteiger partial charge in [-0.3, -0.25) is 4.79 Å². The molecule has 2 aromatic rings. The van der Waals surface area contributed by atoms with Crippen LogP contribution in [0.2, 0.25) is 0 Å². The van der Waals surface area contributed by atoms with Crippen molar-refractivity contribution in [3.63, 3.8) is 0 Å². The van der Waals surface area contributed by atoms with Crippen molar-refractivity contribution in [2.24, 2.45) is 0 Å². The van der Waals surface area contributed by atoms with E-state index in [0.29, 0.717) is 6.54 Å². The first kappa shape index (κ1) is 14.5. The molecule has 0 aromatic heterocycles. The van der Waals surface area contributed by atoms with Crippen LogP contribution >= 0.6 is 11.8 Å². The normalized spacial score (nSPS) is 10.1. The van der Waals surface area contributed by atoms with Gasteiger partial charge in [-0.25, -0.2) is 0 Å². The smallest absolute Gasteiger partial charge is 0.243 e. The number of likely N-dealkylation sites (N-methyl/N-ethyl adjacent to an activating group) is 1. The number of hydrogen-bond donors (Lipinski definition) is 1. The van der Waals surface area contributed by atoms with Crippen molar-refractivity contribution in [3.8, 4) is 0 Å². The Balaban J connectivity index is 1.91. The van der Waals surface area contributed by atoms with Gasteiger partial charge in [0.1, 0.15) is 0 Å². The Bertz CT molecular complexity index is 554. The molecule has 20 heavy (non-hydrogen) atoms. The summed E-state index contributed by atoms with van der Waals surface area (Å²) in [5.74, 6) is -0.0201. The second-order valence-electron chi connectivity index (χ2n) is 4.47. The standard InChI is InChI=1S/C16H18N2OS/c1-18(14-6-4-3-5-7-14)12-16(19)17-13-8-10-15(20-2)11-9-13/h3-11H,12H2,1-2H3,(H,17,19). The highest BCUT2D eigenvalue weighted by Gasteiger charge is 2.07. The molecule has 1 amide bonds. The van der Waals surface area contributed by atoms with Crippen LogP contribution in [0.25, 0.3) is 0 Å². The number of amides is 1. The van der Waals surface area contributed by atoms with Crippen molar-refractivity contribution in [2.45, 2.75) is 4.90 Å². The van der Waals surface area contributed by atoms with Crippen LogP contribution in [-0.2, 0) is 4.79 Å². The van der Waals surface area contributed by atoms with E-state index < -0.39 is 0 Å². The topological polar surface area (TPSA) is 32.3 Å². The number of para-hydroxylation sites is 1. The third-order valence-electron chi connectivity index (χ3n) is 2.95. The Morgan fingerprint density at radius 2 is 1.75 bits per heavy atom. The minimum absolute atomic E-state index is 0.0201. The van der Waals surface area contributed by atoms with Crippen LogP contribution in [0.4, 0.5) is 11.4 Å². The number of thioether (sulfide) groups is 1. The number of carbonyl (C=O) groups excluding carboxylic acids is 1. The van der Waals surface area contributed by atoms with E-state index in [2.05, 4.69) is 5.32 Å². The highest BCUT2D eigenvalue weighted by molar-refractivity contribution is 7.98. The first-order chi connectivity index (χ1) is 9.69. The molecule has 0 bridgehead atoms. The van der Waals surface area contributed by atoms with Crippen molar-refractivity contribution in [3.05, 3.63) is 54.6 Å². The maximum absolute atomic E-state index is 12.0. The second kappa shape index (κ2) is 7.01. The van der Waals surface area contributed by atoms with E-state index in [-0.39, 0.29) is 5.91 Å². The van der Waals surface area contributed by atoms with E-state index in [1.54, 1.807) is 11.8 Å². The molecule has 2 aromatic carbocycles. The van der Waals surface area contributed by atoms with Crippen LogP contribution in [0, 0.1) is 0 Å². The molecule has 0 aliphatic carbocycles. The minimum Gasteiger partial charge on any atom is -0.365 e. The molecule has 2 rings (SSSR count). The van der Waals surface area contributed by atoms with Crippen LogP contribution in [-0.4, -0.2) is 25.8 Å². The molecule has 0 unspecified atom stereocenters. The van der Waals surface area contributed by atoms with E-state index in [9.17, 15) is 4.79 Å². The number of nitrogens with one attached hydrogen (secondary N) is 1. The molecule has 1 N–H and O–H groups in total. The van der Waals surface area contributed by atoms with Gasteiger partial charge in [-0.2, -0.15) is 0 Å². The summed E-state index contributed by atoms with van der Waals surface area (Å²) in [5, 5.41) is 2.90. The first-order valence-corrected chi connectivity index (χ1v) is 7.61. The third kappa shape index (κ3) is 4.03. The highest BCUT2D eigenvalue weighted by atomic mass is 32.2. The Labute approximate surface area is 124 Å². The highest BCUT2D eigenvalue weighted by Crippen LogP contribution is 2.17. The molecular formula is C16H18N2OS. The van der Waals surface area contributed by atoms with Crippen molar-refractivity contribution < 1.29 is 4.79 Å². The Morgan fingerprint density at radius 1 is 1.10 bits per heavy atom. The van der Waals surface area contributed by atoms with Crippen molar-refractivity contribution in [1.82, 2.24) is 0 Å². The second-order valence-corrected chi connectivity index (χ2v) is 5.35. The Hall–Kier alpha value is -1.94. The summed E-state index contributed by atoms with van der Waals surface area (Å²) in [6.07, 6.45) is 2.03. The maximum atomic E-state index is 12.0. The summed E-state index contributed by atoms with van der Waals surface area (Å²) in [6, 6.07) is 17.7. The summed E-state index contributed by atoms with van der Waals surface area (Å²) in [6.45, 7) is 0.328. The van der Waals surface area contributed by atoms with Crippen LogP contribution in [0.3, 0.4) is 0 Å². The van der Waals surface area contributed by atoms with Gasteiger partial charge in [-0.15, -0.1) is 11.8 Å². The van der Waals surface area contributed by atoms with Crippen molar-refractivity contribution >= 4 is 29.0 Å². The van der Waals surface area contributed by atoms with Gasteiger partial charge in [0.05, 0.1) is 6.54 Å². The van der Waals surface area contributed by atoms with Crippen LogP contribution in [0.5, 0.6) is 0 Å². The summed E-state index contributed by atoms with van der Waals surface area (Å²) in [7, 11) is 1.91. The Morgan fingerprint density at radius 3 is 2.35 bits per heavy atom. The zero-order valence-electron chi connectivity index (χ0n) is 11.7. The average molecular weight is 286 g/mol. The van der Waals surface area contributed by atoms with Gasteiger partial charge in [0, 0.05) is 23.3 Å². The molecule has 0 spiro atoms. The maximum Gasteiger partial charge on any atom is 0.243 e. The van der Waals surface area contributed by atoms with Gasteiger partial charge in [0.2, 0.25) is 5.91 Å². The molecule has 0 atom stereocenters. The first-order valence-electron chi connectivity index (χ1n) is 6.39. The van der Waals surface area contributed by atoms with Gasteiger partial charge >= 0.3 is 0 Å². The zero-order chi connectivity index (χ0) is 14.4. The van der Waals surface area contributed by atoms with Gasteiger partial charge in [0.15, 0.2) is 0 Å². The molecule has 0 heterocycles. The summed E-state index contributed by atoms with van der Waals surface area (Å²) in [4.78, 5) is 15.1. The molecular weight excluding hydrogens is 268 g/mol. The average Bonchev–Trinajstić information content (AvgIpc) is 2.49. The lowest BCUT2D eigenvalue weighted by Crippen LogP contribution is -2.29. The van der Waals surface area contributed by atoms with E-state index in [1.165, 1.54) is 4.90 Å². The molecule has 0 fully saturated rings. The quantitative estimate of drug-likeness (QED) is 0.854. The monoisotopic (exact) mass is 286 g/mol. The number of anilines is 2.